The van der Waals surface area contributed by atoms with Gasteiger partial charge >= 0.3 is 12.1 Å². The molecule has 2 atom stereocenters. The van der Waals surface area contributed by atoms with Crippen LogP contribution in [-0.2, 0) is 16.0 Å². The van der Waals surface area contributed by atoms with E-state index in [1.165, 1.54) is 0 Å². The summed E-state index contributed by atoms with van der Waals surface area (Å²) in [6, 6.07) is 13.5. The van der Waals surface area contributed by atoms with E-state index in [0.717, 1.165) is 21.2 Å². The Morgan fingerprint density at radius 2 is 1.77 bits per heavy atom. The molecule has 2 aromatic carbocycles. The number of hydrogen-bond acceptors (Lipinski definition) is 2. The van der Waals surface area contributed by atoms with Gasteiger partial charge in [0.1, 0.15) is 0 Å². The molecule has 1 aliphatic heterocycles. The van der Waals surface area contributed by atoms with Gasteiger partial charge in [-0.05, 0) is 22.8 Å². The summed E-state index contributed by atoms with van der Waals surface area (Å²) in [7, 11) is 0. The molecule has 0 spiro atoms. The van der Waals surface area contributed by atoms with Crippen LogP contribution in [0.1, 0.15) is 12.0 Å². The molecular formula is C19H18F3NO3. The number of carboxylic acids is 1. The summed E-state index contributed by atoms with van der Waals surface area (Å²) in [5, 5.41) is 11.1. The van der Waals surface area contributed by atoms with Gasteiger partial charge in [0.15, 0.2) is 0 Å². The number of nitrogens with zero attached hydrogens (tertiary/aromatic N) is 1. The molecule has 0 radical (unpaired) electrons. The van der Waals surface area contributed by atoms with Gasteiger partial charge in [0.05, 0.1) is 11.8 Å². The number of fused-ring (bicyclic) bond motifs is 1. The van der Waals surface area contributed by atoms with Crippen molar-refractivity contribution in [2.75, 3.05) is 13.1 Å². The molecule has 7 heteroatoms. The van der Waals surface area contributed by atoms with Gasteiger partial charge in [0.25, 0.3) is 0 Å². The summed E-state index contributed by atoms with van der Waals surface area (Å²) < 4.78 is 39.0. The van der Waals surface area contributed by atoms with E-state index in [4.69, 9.17) is 5.11 Å². The topological polar surface area (TPSA) is 57.6 Å². The molecule has 0 aliphatic carbocycles. The lowest BCUT2D eigenvalue weighted by Crippen LogP contribution is -2.34. The van der Waals surface area contributed by atoms with Crippen LogP contribution >= 0.6 is 0 Å². The van der Waals surface area contributed by atoms with E-state index in [9.17, 15) is 22.8 Å². The van der Waals surface area contributed by atoms with Gasteiger partial charge < -0.3 is 10.0 Å². The van der Waals surface area contributed by atoms with Gasteiger partial charge in [0.2, 0.25) is 5.91 Å². The predicted molar refractivity (Wildman–Crippen MR) is 89.5 cm³/mol. The van der Waals surface area contributed by atoms with E-state index in [2.05, 4.69) is 0 Å². The van der Waals surface area contributed by atoms with Gasteiger partial charge in [-0.25, -0.2) is 0 Å². The molecule has 1 fully saturated rings. The number of likely N-dealkylation sites (tertiary alicyclic amines) is 1. The number of carbonyl (C=O) groups is 2. The molecule has 0 bridgehead atoms. The fourth-order valence-corrected chi connectivity index (χ4v) is 3.39. The van der Waals surface area contributed by atoms with Crippen molar-refractivity contribution in [3.63, 3.8) is 0 Å². The van der Waals surface area contributed by atoms with Crippen molar-refractivity contribution in [2.45, 2.75) is 19.0 Å². The van der Waals surface area contributed by atoms with Crippen molar-refractivity contribution in [3.05, 3.63) is 48.0 Å². The molecule has 2 aromatic rings. The van der Waals surface area contributed by atoms with Crippen molar-refractivity contribution in [1.29, 1.82) is 0 Å². The SMILES string of the molecule is O=C(O)[C@@H]1CN(C(=O)CCc2ccc3ccccc3c2)C[C@H]1C(F)(F)F. The Balaban J connectivity index is 1.65. The number of hydrogen-bond donors (Lipinski definition) is 1. The highest BCUT2D eigenvalue weighted by Crippen LogP contribution is 2.38. The third kappa shape index (κ3) is 3.81. The molecule has 0 aromatic heterocycles. The van der Waals surface area contributed by atoms with Crippen molar-refractivity contribution in [1.82, 2.24) is 4.90 Å². The Morgan fingerprint density at radius 1 is 1.08 bits per heavy atom. The van der Waals surface area contributed by atoms with Crippen LogP contribution in [0.2, 0.25) is 0 Å². The molecular weight excluding hydrogens is 347 g/mol. The Labute approximate surface area is 148 Å². The average Bonchev–Trinajstić information content (AvgIpc) is 3.05. The van der Waals surface area contributed by atoms with Gasteiger partial charge in [-0.2, -0.15) is 13.2 Å². The molecule has 1 N–H and O–H groups in total. The van der Waals surface area contributed by atoms with Crippen molar-refractivity contribution < 1.29 is 27.9 Å². The predicted octanol–water partition coefficient (Wildman–Crippen LogP) is 3.49. The van der Waals surface area contributed by atoms with Gasteiger partial charge in [0, 0.05) is 19.5 Å². The summed E-state index contributed by atoms with van der Waals surface area (Å²) in [6.07, 6.45) is -4.18. The first kappa shape index (κ1) is 18.2. The second-order valence-electron chi connectivity index (χ2n) is 6.57. The molecule has 138 valence electrons. The Bertz CT molecular complexity index is 834. The normalized spacial score (nSPS) is 20.5. The third-order valence-corrected chi connectivity index (χ3v) is 4.85. The van der Waals surface area contributed by atoms with Crippen LogP contribution in [-0.4, -0.2) is 41.1 Å². The number of benzene rings is 2. The van der Waals surface area contributed by atoms with Gasteiger partial charge in [-0.3, -0.25) is 9.59 Å². The number of aliphatic carboxylic acids is 1. The summed E-state index contributed by atoms with van der Waals surface area (Å²) in [6.45, 7) is -0.979. The highest BCUT2D eigenvalue weighted by atomic mass is 19.4. The first-order chi connectivity index (χ1) is 12.3. The summed E-state index contributed by atoms with van der Waals surface area (Å²) in [5.74, 6) is -5.57. The molecule has 1 amide bonds. The minimum absolute atomic E-state index is 0.0508. The fourth-order valence-electron chi connectivity index (χ4n) is 3.39. The van der Waals surface area contributed by atoms with E-state index < -0.39 is 43.0 Å². The Hall–Kier alpha value is -2.57. The van der Waals surface area contributed by atoms with Crippen molar-refractivity contribution in [3.8, 4) is 0 Å². The maximum atomic E-state index is 13.0. The molecule has 1 heterocycles. The summed E-state index contributed by atoms with van der Waals surface area (Å²) in [5.41, 5.74) is 0.915. The number of halogens is 3. The number of amides is 1. The lowest BCUT2D eigenvalue weighted by molar-refractivity contribution is -0.188. The van der Waals surface area contributed by atoms with E-state index in [-0.39, 0.29) is 6.42 Å². The zero-order chi connectivity index (χ0) is 18.9. The number of aryl methyl sites for hydroxylation is 1. The van der Waals surface area contributed by atoms with Crippen LogP contribution < -0.4 is 0 Å². The Kier molecular flexibility index (Phi) is 4.89. The van der Waals surface area contributed by atoms with Gasteiger partial charge in [-0.15, -0.1) is 0 Å². The number of alkyl halides is 3. The van der Waals surface area contributed by atoms with Crippen molar-refractivity contribution >= 4 is 22.6 Å². The smallest absolute Gasteiger partial charge is 0.394 e. The highest BCUT2D eigenvalue weighted by Gasteiger charge is 2.53. The number of carboxylic acid groups (broad SMARTS) is 1. The maximum Gasteiger partial charge on any atom is 0.394 e. The van der Waals surface area contributed by atoms with Crippen LogP contribution in [0.15, 0.2) is 42.5 Å². The van der Waals surface area contributed by atoms with Crippen molar-refractivity contribution in [2.24, 2.45) is 11.8 Å². The maximum absolute atomic E-state index is 13.0. The van der Waals surface area contributed by atoms with Crippen LogP contribution in [0.4, 0.5) is 13.2 Å². The average molecular weight is 365 g/mol. The fraction of sp³-hybridized carbons (Fsp3) is 0.368. The van der Waals surface area contributed by atoms with E-state index in [1.807, 2.05) is 42.5 Å². The first-order valence-electron chi connectivity index (χ1n) is 8.30. The number of carbonyl (C=O) groups excluding carboxylic acids is 1. The quantitative estimate of drug-likeness (QED) is 0.902. The van der Waals surface area contributed by atoms with Gasteiger partial charge in [-0.1, -0.05) is 42.5 Å². The lowest BCUT2D eigenvalue weighted by Gasteiger charge is -2.18. The lowest BCUT2D eigenvalue weighted by atomic mass is 9.96. The molecule has 4 nitrogen and oxygen atoms in total. The second-order valence-corrected chi connectivity index (χ2v) is 6.57. The van der Waals surface area contributed by atoms with E-state index in [0.29, 0.717) is 6.42 Å². The standard InChI is InChI=1S/C19H18F3NO3/c20-19(21,22)16-11-23(10-15(16)18(25)26)17(24)8-6-12-5-7-13-3-1-2-4-14(13)9-12/h1-5,7,9,15-16H,6,8,10-11H2,(H,25,26)/t15-,16-/m1/s1. The zero-order valence-corrected chi connectivity index (χ0v) is 13.9. The largest absolute Gasteiger partial charge is 0.481 e. The third-order valence-electron chi connectivity index (χ3n) is 4.85. The van der Waals surface area contributed by atoms with E-state index in [1.54, 1.807) is 0 Å². The monoisotopic (exact) mass is 365 g/mol. The molecule has 3 rings (SSSR count). The van der Waals surface area contributed by atoms with Crippen LogP contribution in [0.3, 0.4) is 0 Å². The summed E-state index contributed by atoms with van der Waals surface area (Å²) >= 11 is 0. The minimum Gasteiger partial charge on any atom is -0.481 e. The molecule has 1 saturated heterocycles. The minimum atomic E-state index is -4.63. The summed E-state index contributed by atoms with van der Waals surface area (Å²) in [4.78, 5) is 24.4. The van der Waals surface area contributed by atoms with Crippen LogP contribution in [0, 0.1) is 11.8 Å². The highest BCUT2D eigenvalue weighted by molar-refractivity contribution is 5.83. The number of rotatable bonds is 4. The molecule has 26 heavy (non-hydrogen) atoms. The van der Waals surface area contributed by atoms with E-state index >= 15 is 0 Å². The van der Waals surface area contributed by atoms with Crippen LogP contribution in [0.5, 0.6) is 0 Å². The molecule has 1 aliphatic rings. The molecule has 0 unspecified atom stereocenters. The molecule has 0 saturated carbocycles. The first-order valence-corrected chi connectivity index (χ1v) is 8.30. The Morgan fingerprint density at radius 3 is 2.38 bits per heavy atom. The zero-order valence-electron chi connectivity index (χ0n) is 13.9. The van der Waals surface area contributed by atoms with Crippen LogP contribution in [0.25, 0.3) is 10.8 Å². The second kappa shape index (κ2) is 6.97.